The number of aromatic nitrogens is 3. The normalized spacial score (nSPS) is 10.2. The molecule has 1 aromatic heterocycles. The summed E-state index contributed by atoms with van der Waals surface area (Å²) in [4.78, 5) is 4.03. The van der Waals surface area contributed by atoms with Gasteiger partial charge >= 0.3 is 0 Å². The molecule has 3 nitrogen and oxygen atoms in total. The third kappa shape index (κ3) is 1.91. The number of hydrogen-bond donors (Lipinski definition) is 1. The van der Waals surface area contributed by atoms with E-state index in [1.807, 2.05) is 7.05 Å². The molecule has 1 heterocycles. The molecule has 5 heteroatoms. The van der Waals surface area contributed by atoms with Crippen LogP contribution in [0.5, 0.6) is 0 Å². The van der Waals surface area contributed by atoms with Crippen LogP contribution in [-0.4, -0.2) is 26.3 Å². The van der Waals surface area contributed by atoms with Gasteiger partial charge in [0.1, 0.15) is 6.33 Å². The third-order valence-corrected chi connectivity index (χ3v) is 2.55. The number of nitrogens with zero attached hydrogens (tertiary/aromatic N) is 3. The van der Waals surface area contributed by atoms with Gasteiger partial charge in [0.05, 0.1) is 0 Å². The van der Waals surface area contributed by atoms with Gasteiger partial charge in [0.15, 0.2) is 5.16 Å². The summed E-state index contributed by atoms with van der Waals surface area (Å²) in [6.45, 7) is 0. The summed E-state index contributed by atoms with van der Waals surface area (Å²) in [5.74, 6) is 1.85. The molecular formula is C5H9N3S2. The number of thiol groups is 1. The molecule has 0 saturated heterocycles. The van der Waals surface area contributed by atoms with E-state index >= 15 is 0 Å². The fourth-order valence-electron chi connectivity index (χ4n) is 0.553. The van der Waals surface area contributed by atoms with Crippen LogP contribution in [0.3, 0.4) is 0 Å². The molecule has 10 heavy (non-hydrogen) atoms. The zero-order valence-corrected chi connectivity index (χ0v) is 7.40. The van der Waals surface area contributed by atoms with Crippen molar-refractivity contribution in [2.45, 2.75) is 5.16 Å². The van der Waals surface area contributed by atoms with E-state index in [1.165, 1.54) is 0 Å². The first-order valence-corrected chi connectivity index (χ1v) is 4.54. The Kier molecular flexibility index (Phi) is 3.08. The lowest BCUT2D eigenvalue weighted by atomic mass is 11.0. The van der Waals surface area contributed by atoms with E-state index in [1.54, 1.807) is 22.8 Å². The first-order chi connectivity index (χ1) is 4.84. The summed E-state index contributed by atoms with van der Waals surface area (Å²) in [6, 6.07) is 0. The van der Waals surface area contributed by atoms with Gasteiger partial charge in [-0.05, 0) is 5.75 Å². The van der Waals surface area contributed by atoms with Crippen LogP contribution in [0.1, 0.15) is 0 Å². The first kappa shape index (κ1) is 7.94. The molecule has 0 radical (unpaired) electrons. The summed E-state index contributed by atoms with van der Waals surface area (Å²) in [5, 5.41) is 4.88. The van der Waals surface area contributed by atoms with Gasteiger partial charge in [-0.2, -0.15) is 17.7 Å². The van der Waals surface area contributed by atoms with E-state index in [2.05, 4.69) is 22.7 Å². The molecule has 0 bridgehead atoms. The van der Waals surface area contributed by atoms with Crippen LogP contribution in [0, 0.1) is 0 Å². The summed E-state index contributed by atoms with van der Waals surface area (Å²) in [7, 11) is 1.88. The highest BCUT2D eigenvalue weighted by Crippen LogP contribution is 2.12. The predicted octanol–water partition coefficient (Wildman–Crippen LogP) is 0.837. The van der Waals surface area contributed by atoms with Crippen LogP contribution in [0.25, 0.3) is 0 Å². The fraction of sp³-hybridized carbons (Fsp3) is 0.600. The van der Waals surface area contributed by atoms with Crippen molar-refractivity contribution in [2.24, 2.45) is 7.05 Å². The average Bonchev–Trinajstić information content (AvgIpc) is 2.31. The lowest BCUT2D eigenvalue weighted by Crippen LogP contribution is -1.93. The van der Waals surface area contributed by atoms with Gasteiger partial charge in [-0.3, -0.25) is 0 Å². The molecule has 0 unspecified atom stereocenters. The van der Waals surface area contributed by atoms with Crippen LogP contribution in [-0.2, 0) is 7.05 Å². The Balaban J connectivity index is 2.49. The molecular weight excluding hydrogens is 166 g/mol. The summed E-state index contributed by atoms with van der Waals surface area (Å²) >= 11 is 5.75. The topological polar surface area (TPSA) is 30.7 Å². The Morgan fingerprint density at radius 2 is 2.60 bits per heavy atom. The highest BCUT2D eigenvalue weighted by molar-refractivity contribution is 7.99. The van der Waals surface area contributed by atoms with Gasteiger partial charge in [-0.15, -0.1) is 0 Å². The minimum absolute atomic E-state index is 0.873. The zero-order valence-electron chi connectivity index (χ0n) is 5.69. The van der Waals surface area contributed by atoms with E-state index in [0.717, 1.165) is 16.7 Å². The molecule has 0 N–H and O–H groups in total. The number of rotatable bonds is 3. The van der Waals surface area contributed by atoms with Crippen LogP contribution in [0.15, 0.2) is 11.5 Å². The maximum atomic E-state index is 4.09. The van der Waals surface area contributed by atoms with Crippen molar-refractivity contribution in [2.75, 3.05) is 11.5 Å². The minimum Gasteiger partial charge on any atom is -0.244 e. The molecule has 0 saturated carbocycles. The van der Waals surface area contributed by atoms with Crippen molar-refractivity contribution in [3.05, 3.63) is 6.33 Å². The first-order valence-electron chi connectivity index (χ1n) is 2.92. The molecule has 1 aromatic rings. The molecule has 0 fully saturated rings. The van der Waals surface area contributed by atoms with E-state index in [9.17, 15) is 0 Å². The summed E-state index contributed by atoms with van der Waals surface area (Å²) in [5.41, 5.74) is 0. The van der Waals surface area contributed by atoms with Gasteiger partial charge in [0.25, 0.3) is 0 Å². The highest BCUT2D eigenvalue weighted by atomic mass is 32.2. The zero-order chi connectivity index (χ0) is 7.40. The Bertz CT molecular complexity index is 199. The lowest BCUT2D eigenvalue weighted by molar-refractivity contribution is 0.685. The van der Waals surface area contributed by atoms with Crippen LogP contribution in [0.2, 0.25) is 0 Å². The maximum absolute atomic E-state index is 4.09. The largest absolute Gasteiger partial charge is 0.244 e. The van der Waals surface area contributed by atoms with E-state index in [4.69, 9.17) is 0 Å². The van der Waals surface area contributed by atoms with Crippen molar-refractivity contribution in [3.63, 3.8) is 0 Å². The standard InChI is InChI=1S/C5H9N3S2/c1-8-5(6-4-7-8)10-3-2-9/h4,9H,2-3H2,1H3. The third-order valence-electron chi connectivity index (χ3n) is 0.992. The molecule has 0 amide bonds. The van der Waals surface area contributed by atoms with Crippen molar-refractivity contribution < 1.29 is 0 Å². The molecule has 0 aromatic carbocycles. The smallest absolute Gasteiger partial charge is 0.185 e. The van der Waals surface area contributed by atoms with Gasteiger partial charge in [-0.1, -0.05) is 11.8 Å². The molecule has 0 spiro atoms. The van der Waals surface area contributed by atoms with Gasteiger partial charge in [-0.25, -0.2) is 9.67 Å². The Labute approximate surface area is 69.6 Å². The average molecular weight is 175 g/mol. The van der Waals surface area contributed by atoms with E-state index in [0.29, 0.717) is 0 Å². The van der Waals surface area contributed by atoms with E-state index in [-0.39, 0.29) is 0 Å². The second-order valence-corrected chi connectivity index (χ2v) is 3.25. The van der Waals surface area contributed by atoms with E-state index < -0.39 is 0 Å². The number of aryl methyl sites for hydroxylation is 1. The molecule has 0 aliphatic rings. The lowest BCUT2D eigenvalue weighted by Gasteiger charge is -1.95. The van der Waals surface area contributed by atoms with Crippen molar-refractivity contribution in [1.82, 2.24) is 14.8 Å². The van der Waals surface area contributed by atoms with Gasteiger partial charge in [0, 0.05) is 12.8 Å². The fourth-order valence-corrected chi connectivity index (χ4v) is 1.46. The Morgan fingerprint density at radius 3 is 3.10 bits per heavy atom. The Morgan fingerprint density at radius 1 is 1.80 bits per heavy atom. The second-order valence-electron chi connectivity index (χ2n) is 1.74. The quantitative estimate of drug-likeness (QED) is 0.545. The van der Waals surface area contributed by atoms with Crippen LogP contribution in [0.4, 0.5) is 0 Å². The highest BCUT2D eigenvalue weighted by Gasteiger charge is 1.97. The molecule has 0 atom stereocenters. The SMILES string of the molecule is Cn1ncnc1SCCS. The monoisotopic (exact) mass is 175 g/mol. The predicted molar refractivity (Wildman–Crippen MR) is 45.6 cm³/mol. The van der Waals surface area contributed by atoms with Gasteiger partial charge < -0.3 is 0 Å². The molecule has 56 valence electrons. The molecule has 1 rings (SSSR count). The molecule has 0 aliphatic heterocycles. The molecule has 0 aliphatic carbocycles. The maximum Gasteiger partial charge on any atom is 0.185 e. The number of hydrogen-bond acceptors (Lipinski definition) is 4. The Hall–Kier alpha value is -0.160. The second kappa shape index (κ2) is 3.88. The van der Waals surface area contributed by atoms with Crippen molar-refractivity contribution in [1.29, 1.82) is 0 Å². The van der Waals surface area contributed by atoms with Crippen LogP contribution >= 0.6 is 24.4 Å². The van der Waals surface area contributed by atoms with Crippen molar-refractivity contribution in [3.8, 4) is 0 Å². The van der Waals surface area contributed by atoms with Crippen molar-refractivity contribution >= 4 is 24.4 Å². The van der Waals surface area contributed by atoms with Gasteiger partial charge in [0.2, 0.25) is 0 Å². The summed E-state index contributed by atoms with van der Waals surface area (Å²) in [6.07, 6.45) is 1.56. The number of thioether (sulfide) groups is 1. The minimum atomic E-state index is 0.873. The summed E-state index contributed by atoms with van der Waals surface area (Å²) < 4.78 is 1.76. The van der Waals surface area contributed by atoms with Crippen LogP contribution < -0.4 is 0 Å².